The summed E-state index contributed by atoms with van der Waals surface area (Å²) in [6, 6.07) is 0. The van der Waals surface area contributed by atoms with Crippen LogP contribution in [0.15, 0.2) is 0 Å². The second kappa shape index (κ2) is 10.3. The molecule has 3 N–H and O–H groups in total. The molecule has 18 heavy (non-hydrogen) atoms. The highest BCUT2D eigenvalue weighted by atomic mass is 16.5. The molecular formula is C13H28N2O3. The van der Waals surface area contributed by atoms with Crippen molar-refractivity contribution in [3.05, 3.63) is 0 Å². The summed E-state index contributed by atoms with van der Waals surface area (Å²) in [6.45, 7) is 6.49. The Kier molecular flexibility index (Phi) is 9.92. The predicted octanol–water partition coefficient (Wildman–Crippen LogP) is 1.06. The fraction of sp³-hybridized carbons (Fsp3) is 0.923. The van der Waals surface area contributed by atoms with Gasteiger partial charge in [0.2, 0.25) is 5.91 Å². The van der Waals surface area contributed by atoms with Gasteiger partial charge in [-0.15, -0.1) is 0 Å². The Morgan fingerprint density at radius 1 is 1.17 bits per heavy atom. The van der Waals surface area contributed by atoms with Crippen molar-refractivity contribution in [3.8, 4) is 0 Å². The summed E-state index contributed by atoms with van der Waals surface area (Å²) in [5, 5.41) is 2.88. The quantitative estimate of drug-likeness (QED) is 0.545. The molecule has 0 aromatic heterocycles. The van der Waals surface area contributed by atoms with E-state index in [1.807, 2.05) is 13.8 Å². The predicted molar refractivity (Wildman–Crippen MR) is 72.4 cm³/mol. The van der Waals surface area contributed by atoms with Gasteiger partial charge in [-0.25, -0.2) is 0 Å². The number of amides is 1. The van der Waals surface area contributed by atoms with Crippen LogP contribution >= 0.6 is 0 Å². The fourth-order valence-electron chi connectivity index (χ4n) is 1.52. The molecule has 108 valence electrons. The molecular weight excluding hydrogens is 232 g/mol. The zero-order chi connectivity index (χ0) is 13.9. The average Bonchev–Trinajstić information content (AvgIpc) is 2.40. The largest absolute Gasteiger partial charge is 0.382 e. The Bertz CT molecular complexity index is 218. The second-order valence-electron chi connectivity index (χ2n) is 4.43. The fourth-order valence-corrected chi connectivity index (χ4v) is 1.52. The number of hydrogen-bond acceptors (Lipinski definition) is 4. The molecule has 0 spiro atoms. The van der Waals surface area contributed by atoms with Crippen LogP contribution in [0.1, 0.15) is 39.5 Å². The van der Waals surface area contributed by atoms with Crippen LogP contribution in [0.4, 0.5) is 0 Å². The summed E-state index contributed by atoms with van der Waals surface area (Å²) in [5.74, 6) is -0.0483. The first-order valence-corrected chi connectivity index (χ1v) is 6.74. The van der Waals surface area contributed by atoms with Crippen LogP contribution in [-0.4, -0.2) is 44.9 Å². The van der Waals surface area contributed by atoms with E-state index in [2.05, 4.69) is 5.32 Å². The number of methoxy groups -OCH3 is 1. The highest BCUT2D eigenvalue weighted by Gasteiger charge is 2.29. The third-order valence-electron chi connectivity index (χ3n) is 3.15. The molecule has 0 radical (unpaired) electrons. The van der Waals surface area contributed by atoms with E-state index in [0.717, 1.165) is 12.8 Å². The molecule has 0 aromatic rings. The van der Waals surface area contributed by atoms with Crippen molar-refractivity contribution in [2.75, 3.05) is 33.5 Å². The maximum absolute atomic E-state index is 11.8. The van der Waals surface area contributed by atoms with Gasteiger partial charge in [0, 0.05) is 20.3 Å². The highest BCUT2D eigenvalue weighted by molar-refractivity contribution is 5.85. The molecule has 0 atom stereocenters. The molecule has 5 heteroatoms. The summed E-state index contributed by atoms with van der Waals surface area (Å²) in [5.41, 5.74) is 5.27. The monoisotopic (exact) mass is 260 g/mol. The van der Waals surface area contributed by atoms with E-state index in [4.69, 9.17) is 15.2 Å². The lowest BCUT2D eigenvalue weighted by molar-refractivity contribution is -0.126. The molecule has 0 bridgehead atoms. The lowest BCUT2D eigenvalue weighted by Gasteiger charge is -2.25. The smallest absolute Gasteiger partial charge is 0.240 e. The van der Waals surface area contributed by atoms with Gasteiger partial charge in [0.15, 0.2) is 0 Å². The standard InChI is InChI=1S/C13H28N2O3/c1-4-13(14,5-2)12(16)15-8-6-7-9-18-11-10-17-3/h4-11,14H2,1-3H3,(H,15,16). The molecule has 0 aliphatic rings. The van der Waals surface area contributed by atoms with Gasteiger partial charge in [-0.2, -0.15) is 0 Å². The minimum absolute atomic E-state index is 0.0483. The molecule has 1 amide bonds. The van der Waals surface area contributed by atoms with Crippen LogP contribution in [-0.2, 0) is 14.3 Å². The number of carbonyl (C=O) groups is 1. The third-order valence-corrected chi connectivity index (χ3v) is 3.15. The molecule has 0 saturated carbocycles. The summed E-state index contributed by atoms with van der Waals surface area (Å²) in [7, 11) is 1.65. The topological polar surface area (TPSA) is 73.6 Å². The Morgan fingerprint density at radius 2 is 1.83 bits per heavy atom. The zero-order valence-electron chi connectivity index (χ0n) is 12.0. The number of nitrogens with two attached hydrogens (primary N) is 1. The summed E-state index contributed by atoms with van der Waals surface area (Å²) in [6.07, 6.45) is 3.16. The van der Waals surface area contributed by atoms with Crippen molar-refractivity contribution in [2.24, 2.45) is 5.73 Å². The molecule has 0 rings (SSSR count). The molecule has 0 heterocycles. The third kappa shape index (κ3) is 6.93. The minimum Gasteiger partial charge on any atom is -0.382 e. The van der Waals surface area contributed by atoms with E-state index in [9.17, 15) is 4.79 Å². The number of rotatable bonds is 11. The van der Waals surface area contributed by atoms with Gasteiger partial charge in [-0.3, -0.25) is 4.79 Å². The molecule has 0 unspecified atom stereocenters. The van der Waals surface area contributed by atoms with Crippen LogP contribution in [0.5, 0.6) is 0 Å². The SMILES string of the molecule is CCC(N)(CC)C(=O)NCCCCOCCOC. The molecule has 0 fully saturated rings. The number of carbonyl (C=O) groups excluding carboxylic acids is 1. The van der Waals surface area contributed by atoms with Crippen molar-refractivity contribution in [1.29, 1.82) is 0 Å². The van der Waals surface area contributed by atoms with Gasteiger partial charge in [0.1, 0.15) is 0 Å². The molecule has 0 saturated heterocycles. The summed E-state index contributed by atoms with van der Waals surface area (Å²) < 4.78 is 10.2. The van der Waals surface area contributed by atoms with Crippen LogP contribution in [0.3, 0.4) is 0 Å². The van der Waals surface area contributed by atoms with Crippen LogP contribution in [0.25, 0.3) is 0 Å². The minimum atomic E-state index is -0.713. The number of hydrogen-bond donors (Lipinski definition) is 2. The zero-order valence-corrected chi connectivity index (χ0v) is 12.0. The lowest BCUT2D eigenvalue weighted by atomic mass is 9.93. The number of ether oxygens (including phenoxy) is 2. The van der Waals surface area contributed by atoms with Crippen LogP contribution < -0.4 is 11.1 Å². The molecule has 0 aromatic carbocycles. The van der Waals surface area contributed by atoms with E-state index >= 15 is 0 Å². The van der Waals surface area contributed by atoms with E-state index in [-0.39, 0.29) is 5.91 Å². The van der Waals surface area contributed by atoms with Gasteiger partial charge in [-0.05, 0) is 25.7 Å². The van der Waals surface area contributed by atoms with Crippen molar-refractivity contribution >= 4 is 5.91 Å². The first-order chi connectivity index (χ1) is 8.60. The molecule has 0 aliphatic carbocycles. The van der Waals surface area contributed by atoms with Crippen molar-refractivity contribution < 1.29 is 14.3 Å². The highest BCUT2D eigenvalue weighted by Crippen LogP contribution is 2.10. The van der Waals surface area contributed by atoms with E-state index in [0.29, 0.717) is 39.2 Å². The Labute approximate surface area is 110 Å². The van der Waals surface area contributed by atoms with Gasteiger partial charge in [0.05, 0.1) is 18.8 Å². The number of nitrogens with one attached hydrogen (secondary N) is 1. The van der Waals surface area contributed by atoms with Crippen LogP contribution in [0, 0.1) is 0 Å². The van der Waals surface area contributed by atoms with E-state index in [1.54, 1.807) is 7.11 Å². The maximum atomic E-state index is 11.8. The summed E-state index contributed by atoms with van der Waals surface area (Å²) in [4.78, 5) is 11.8. The van der Waals surface area contributed by atoms with Crippen LogP contribution in [0.2, 0.25) is 0 Å². The van der Waals surface area contributed by atoms with Gasteiger partial charge < -0.3 is 20.5 Å². The Hall–Kier alpha value is -0.650. The first-order valence-electron chi connectivity index (χ1n) is 6.74. The second-order valence-corrected chi connectivity index (χ2v) is 4.43. The van der Waals surface area contributed by atoms with Crippen molar-refractivity contribution in [3.63, 3.8) is 0 Å². The number of unbranched alkanes of at least 4 members (excludes halogenated alkanes) is 1. The molecule has 5 nitrogen and oxygen atoms in total. The van der Waals surface area contributed by atoms with E-state index in [1.165, 1.54) is 0 Å². The maximum Gasteiger partial charge on any atom is 0.240 e. The molecule has 0 aliphatic heterocycles. The van der Waals surface area contributed by atoms with Gasteiger partial charge >= 0.3 is 0 Å². The summed E-state index contributed by atoms with van der Waals surface area (Å²) >= 11 is 0. The van der Waals surface area contributed by atoms with Gasteiger partial charge in [0.25, 0.3) is 0 Å². The van der Waals surface area contributed by atoms with Gasteiger partial charge in [-0.1, -0.05) is 13.8 Å². The Balaban J connectivity index is 3.51. The first kappa shape index (κ1) is 17.4. The van der Waals surface area contributed by atoms with Crippen molar-refractivity contribution in [1.82, 2.24) is 5.32 Å². The normalized spacial score (nSPS) is 11.6. The Morgan fingerprint density at radius 3 is 2.39 bits per heavy atom. The lowest BCUT2D eigenvalue weighted by Crippen LogP contribution is -2.53. The van der Waals surface area contributed by atoms with Crippen molar-refractivity contribution in [2.45, 2.75) is 45.1 Å². The van der Waals surface area contributed by atoms with E-state index < -0.39 is 5.54 Å². The average molecular weight is 260 g/mol.